The summed E-state index contributed by atoms with van der Waals surface area (Å²) in [6.45, 7) is 3.54. The van der Waals surface area contributed by atoms with Gasteiger partial charge in [0.15, 0.2) is 5.16 Å². The second kappa shape index (κ2) is 10.8. The maximum absolute atomic E-state index is 12.7. The fraction of sp³-hybridized carbons (Fsp3) is 0.391. The number of alkyl halides is 2. The zero-order valence-electron chi connectivity index (χ0n) is 18.1. The third-order valence-electron chi connectivity index (χ3n) is 5.65. The first-order valence-corrected chi connectivity index (χ1v) is 13.4. The molecule has 1 aromatic heterocycles. The number of piperidine rings is 1. The van der Waals surface area contributed by atoms with Gasteiger partial charge in [0.25, 0.3) is 0 Å². The number of hydrogen-bond donors (Lipinski definition) is 0. The second-order valence-corrected chi connectivity index (χ2v) is 10.9. The zero-order chi connectivity index (χ0) is 23.3. The molecule has 1 aliphatic heterocycles. The lowest BCUT2D eigenvalue weighted by atomic mass is 10.1. The van der Waals surface area contributed by atoms with Crippen LogP contribution in [0.3, 0.4) is 0 Å². The molecule has 0 amide bonds. The topological polar surface area (TPSA) is 68.1 Å². The molecule has 1 aliphatic rings. The van der Waals surface area contributed by atoms with E-state index in [-0.39, 0.29) is 4.90 Å². The predicted octanol–water partition coefficient (Wildman–Crippen LogP) is 4.60. The van der Waals surface area contributed by atoms with Crippen molar-refractivity contribution in [3.8, 4) is 0 Å². The molecule has 0 unspecified atom stereocenters. The molecular weight excluding hydrogens is 466 g/mol. The second-order valence-electron chi connectivity index (χ2n) is 8.05. The van der Waals surface area contributed by atoms with Crippen LogP contribution in [-0.2, 0) is 28.7 Å². The third-order valence-corrected chi connectivity index (χ3v) is 8.08. The van der Waals surface area contributed by atoms with Crippen LogP contribution in [0.25, 0.3) is 0 Å². The van der Waals surface area contributed by atoms with E-state index in [9.17, 15) is 17.2 Å². The largest absolute Gasteiger partial charge is 0.341 e. The van der Waals surface area contributed by atoms with Gasteiger partial charge in [-0.15, -0.1) is 10.2 Å². The van der Waals surface area contributed by atoms with Crippen molar-refractivity contribution in [2.75, 3.05) is 13.1 Å². The Morgan fingerprint density at radius 2 is 1.58 bits per heavy atom. The standard InChI is InChI=1S/C23H26F2N4O2S2/c24-22(25)33(30,31)20-11-9-19(10-12-20)17-32-23-27-26-21(16-28-13-5-2-6-14-28)29(23)15-18-7-3-1-4-8-18/h1,3-4,7-12,22H,2,5-6,13-17H2. The van der Waals surface area contributed by atoms with Crippen LogP contribution < -0.4 is 0 Å². The van der Waals surface area contributed by atoms with E-state index in [0.717, 1.165) is 41.7 Å². The van der Waals surface area contributed by atoms with Gasteiger partial charge in [-0.1, -0.05) is 60.6 Å². The molecule has 0 saturated carbocycles. The number of hydrogen-bond acceptors (Lipinski definition) is 6. The Morgan fingerprint density at radius 3 is 2.24 bits per heavy atom. The molecule has 0 spiro atoms. The van der Waals surface area contributed by atoms with Crippen LogP contribution in [0.4, 0.5) is 8.78 Å². The number of likely N-dealkylation sites (tertiary alicyclic amines) is 1. The normalized spacial score (nSPS) is 15.2. The van der Waals surface area contributed by atoms with E-state index in [1.807, 2.05) is 18.2 Å². The highest BCUT2D eigenvalue weighted by atomic mass is 32.2. The summed E-state index contributed by atoms with van der Waals surface area (Å²) >= 11 is 1.50. The lowest BCUT2D eigenvalue weighted by Gasteiger charge is -2.26. The predicted molar refractivity (Wildman–Crippen MR) is 124 cm³/mol. The summed E-state index contributed by atoms with van der Waals surface area (Å²) in [5.74, 6) is -1.99. The van der Waals surface area contributed by atoms with Gasteiger partial charge in [-0.05, 0) is 49.2 Å². The molecule has 1 fully saturated rings. The summed E-state index contributed by atoms with van der Waals surface area (Å²) < 4.78 is 50.9. The van der Waals surface area contributed by atoms with Gasteiger partial charge in [0.05, 0.1) is 18.0 Å². The van der Waals surface area contributed by atoms with E-state index in [1.54, 1.807) is 12.1 Å². The van der Waals surface area contributed by atoms with Gasteiger partial charge in [0.2, 0.25) is 9.84 Å². The smallest absolute Gasteiger partial charge is 0.300 e. The van der Waals surface area contributed by atoms with Gasteiger partial charge < -0.3 is 4.57 Å². The summed E-state index contributed by atoms with van der Waals surface area (Å²) in [7, 11) is -4.58. The van der Waals surface area contributed by atoms with Gasteiger partial charge in [-0.25, -0.2) is 8.42 Å². The first-order valence-electron chi connectivity index (χ1n) is 10.9. The van der Waals surface area contributed by atoms with Gasteiger partial charge in [-0.2, -0.15) is 8.78 Å². The van der Waals surface area contributed by atoms with E-state index in [1.165, 1.54) is 43.2 Å². The summed E-state index contributed by atoms with van der Waals surface area (Å²) in [6, 6.07) is 15.7. The van der Waals surface area contributed by atoms with Crippen LogP contribution in [0.5, 0.6) is 0 Å². The molecule has 2 aromatic carbocycles. The molecule has 3 aromatic rings. The van der Waals surface area contributed by atoms with Crippen molar-refractivity contribution >= 4 is 21.6 Å². The molecule has 33 heavy (non-hydrogen) atoms. The first kappa shape index (κ1) is 23.8. The van der Waals surface area contributed by atoms with Crippen molar-refractivity contribution in [2.45, 2.75) is 53.9 Å². The van der Waals surface area contributed by atoms with Crippen LogP contribution in [-0.4, -0.2) is 46.9 Å². The third kappa shape index (κ3) is 5.99. The molecule has 10 heteroatoms. The molecular formula is C23H26F2N4O2S2. The molecule has 0 N–H and O–H groups in total. The Labute approximate surface area is 196 Å². The number of thioether (sulfide) groups is 1. The van der Waals surface area contributed by atoms with Crippen molar-refractivity contribution in [3.63, 3.8) is 0 Å². The fourth-order valence-electron chi connectivity index (χ4n) is 3.81. The molecule has 2 heterocycles. The number of benzene rings is 2. The summed E-state index contributed by atoms with van der Waals surface area (Å²) in [5.41, 5.74) is 1.97. The SMILES string of the molecule is O=S(=O)(c1ccc(CSc2nnc(CN3CCCCC3)n2Cc2ccccc2)cc1)C(F)F. The van der Waals surface area contributed by atoms with Gasteiger partial charge >= 0.3 is 5.76 Å². The highest BCUT2D eigenvalue weighted by Crippen LogP contribution is 2.26. The molecule has 0 aliphatic carbocycles. The molecule has 0 bridgehead atoms. The van der Waals surface area contributed by atoms with Gasteiger partial charge in [-0.3, -0.25) is 4.90 Å². The lowest BCUT2D eigenvalue weighted by Crippen LogP contribution is -2.30. The van der Waals surface area contributed by atoms with Gasteiger partial charge in [0, 0.05) is 5.75 Å². The zero-order valence-corrected chi connectivity index (χ0v) is 19.7. The molecule has 176 valence electrons. The fourth-order valence-corrected chi connectivity index (χ4v) is 5.44. The average molecular weight is 493 g/mol. The molecule has 0 radical (unpaired) electrons. The number of nitrogens with zero attached hydrogens (tertiary/aromatic N) is 4. The van der Waals surface area contributed by atoms with Crippen molar-refractivity contribution in [2.24, 2.45) is 0 Å². The van der Waals surface area contributed by atoms with Crippen LogP contribution in [0.2, 0.25) is 0 Å². The van der Waals surface area contributed by atoms with Crippen LogP contribution in [0.1, 0.15) is 36.2 Å². The number of sulfone groups is 1. The highest BCUT2D eigenvalue weighted by Gasteiger charge is 2.26. The van der Waals surface area contributed by atoms with E-state index in [2.05, 4.69) is 31.8 Å². The van der Waals surface area contributed by atoms with Crippen molar-refractivity contribution < 1.29 is 17.2 Å². The number of aromatic nitrogens is 3. The first-order chi connectivity index (χ1) is 15.9. The number of rotatable bonds is 9. The molecule has 0 atom stereocenters. The minimum absolute atomic E-state index is 0.373. The van der Waals surface area contributed by atoms with E-state index < -0.39 is 15.6 Å². The van der Waals surface area contributed by atoms with Crippen LogP contribution in [0.15, 0.2) is 64.6 Å². The van der Waals surface area contributed by atoms with Crippen molar-refractivity contribution in [1.29, 1.82) is 0 Å². The summed E-state index contributed by atoms with van der Waals surface area (Å²) in [6.07, 6.45) is 3.67. The monoisotopic (exact) mass is 492 g/mol. The molecule has 4 rings (SSSR count). The van der Waals surface area contributed by atoms with Crippen molar-refractivity contribution in [1.82, 2.24) is 19.7 Å². The summed E-state index contributed by atoms with van der Waals surface area (Å²) in [4.78, 5) is 2.04. The Kier molecular flexibility index (Phi) is 7.77. The van der Waals surface area contributed by atoms with E-state index in [4.69, 9.17) is 0 Å². The van der Waals surface area contributed by atoms with E-state index in [0.29, 0.717) is 12.3 Å². The molecule has 6 nitrogen and oxygen atoms in total. The van der Waals surface area contributed by atoms with E-state index >= 15 is 0 Å². The van der Waals surface area contributed by atoms with Crippen molar-refractivity contribution in [3.05, 3.63) is 71.5 Å². The Hall–Kier alpha value is -2.30. The van der Waals surface area contributed by atoms with Gasteiger partial charge in [0.1, 0.15) is 5.82 Å². The Bertz CT molecular complexity index is 1150. The average Bonchev–Trinajstić information content (AvgIpc) is 3.20. The number of halogens is 2. The maximum atomic E-state index is 12.7. The maximum Gasteiger partial charge on any atom is 0.341 e. The lowest BCUT2D eigenvalue weighted by molar-refractivity contribution is 0.213. The van der Waals surface area contributed by atoms with Crippen LogP contribution >= 0.6 is 11.8 Å². The quantitative estimate of drug-likeness (QED) is 0.407. The minimum atomic E-state index is -4.58. The minimum Gasteiger partial charge on any atom is -0.300 e. The molecule has 1 saturated heterocycles. The Morgan fingerprint density at radius 1 is 0.879 bits per heavy atom. The Balaban J connectivity index is 1.50. The van der Waals surface area contributed by atoms with Crippen LogP contribution in [0, 0.1) is 0 Å². The highest BCUT2D eigenvalue weighted by molar-refractivity contribution is 7.98. The summed E-state index contributed by atoms with van der Waals surface area (Å²) in [5, 5.41) is 9.67.